The molecule has 1 aromatic carbocycles. The minimum absolute atomic E-state index is 0.0999. The Morgan fingerprint density at radius 3 is 2.80 bits per heavy atom. The van der Waals surface area contributed by atoms with E-state index in [9.17, 15) is 4.79 Å². The van der Waals surface area contributed by atoms with E-state index in [2.05, 4.69) is 32.7 Å². The zero-order valence-corrected chi connectivity index (χ0v) is 17.3. The molecule has 1 saturated carbocycles. The highest BCUT2D eigenvalue weighted by Crippen LogP contribution is 2.32. The van der Waals surface area contributed by atoms with Gasteiger partial charge >= 0.3 is 0 Å². The molecule has 1 amide bonds. The number of benzene rings is 1. The molecule has 8 nitrogen and oxygen atoms in total. The zero-order chi connectivity index (χ0) is 20.3. The number of nitrogens with zero attached hydrogens (tertiary/aromatic N) is 4. The molecule has 2 aliphatic heterocycles. The van der Waals surface area contributed by atoms with E-state index >= 15 is 0 Å². The van der Waals surface area contributed by atoms with Gasteiger partial charge < -0.3 is 14.8 Å². The van der Waals surface area contributed by atoms with Crippen LogP contribution in [0.25, 0.3) is 0 Å². The molecule has 1 unspecified atom stereocenters. The SMILES string of the molecule is O=C(NC1CCCC1)c1cn(C2CCCN(Cc3ccc4c(c3)OCCO4)C2)nn1. The second-order valence-electron chi connectivity index (χ2n) is 8.55. The lowest BCUT2D eigenvalue weighted by molar-refractivity contribution is 0.0932. The van der Waals surface area contributed by atoms with Crippen molar-refractivity contribution in [1.29, 1.82) is 0 Å². The molecule has 160 valence electrons. The van der Waals surface area contributed by atoms with Crippen LogP contribution in [0.3, 0.4) is 0 Å². The predicted molar refractivity (Wildman–Crippen MR) is 111 cm³/mol. The molecule has 1 aliphatic carbocycles. The molecule has 0 radical (unpaired) electrons. The van der Waals surface area contributed by atoms with E-state index in [0.717, 1.165) is 56.8 Å². The number of carbonyl (C=O) groups excluding carboxylic acids is 1. The number of hydrogen-bond donors (Lipinski definition) is 1. The van der Waals surface area contributed by atoms with Gasteiger partial charge in [-0.1, -0.05) is 24.1 Å². The topological polar surface area (TPSA) is 81.5 Å². The van der Waals surface area contributed by atoms with Crippen molar-refractivity contribution < 1.29 is 14.3 Å². The first-order valence-corrected chi connectivity index (χ1v) is 11.1. The monoisotopic (exact) mass is 411 g/mol. The second-order valence-corrected chi connectivity index (χ2v) is 8.55. The Bertz CT molecular complexity index is 893. The summed E-state index contributed by atoms with van der Waals surface area (Å²) >= 11 is 0. The van der Waals surface area contributed by atoms with Crippen molar-refractivity contribution in [1.82, 2.24) is 25.2 Å². The normalized spacial score (nSPS) is 22.2. The molecule has 1 N–H and O–H groups in total. The maximum Gasteiger partial charge on any atom is 0.273 e. The Morgan fingerprint density at radius 1 is 1.10 bits per heavy atom. The number of hydrogen-bond acceptors (Lipinski definition) is 6. The highest BCUT2D eigenvalue weighted by Gasteiger charge is 2.25. The maximum atomic E-state index is 12.5. The summed E-state index contributed by atoms with van der Waals surface area (Å²) < 4.78 is 13.2. The Labute approximate surface area is 176 Å². The van der Waals surface area contributed by atoms with Crippen LogP contribution in [0.5, 0.6) is 11.5 Å². The highest BCUT2D eigenvalue weighted by atomic mass is 16.6. The van der Waals surface area contributed by atoms with Crippen molar-refractivity contribution in [2.75, 3.05) is 26.3 Å². The fourth-order valence-corrected chi connectivity index (χ4v) is 4.72. The van der Waals surface area contributed by atoms with Crippen LogP contribution in [-0.2, 0) is 6.54 Å². The van der Waals surface area contributed by atoms with Crippen LogP contribution in [0.4, 0.5) is 0 Å². The summed E-state index contributed by atoms with van der Waals surface area (Å²) in [5, 5.41) is 11.5. The van der Waals surface area contributed by atoms with Crippen molar-refractivity contribution in [3.05, 3.63) is 35.7 Å². The zero-order valence-electron chi connectivity index (χ0n) is 17.3. The Kier molecular flexibility index (Phi) is 5.57. The number of likely N-dealkylation sites (tertiary alicyclic amines) is 1. The van der Waals surface area contributed by atoms with Crippen molar-refractivity contribution in [2.24, 2.45) is 0 Å². The minimum atomic E-state index is -0.0999. The number of ether oxygens (including phenoxy) is 2. The number of carbonyl (C=O) groups is 1. The lowest BCUT2D eigenvalue weighted by Gasteiger charge is -2.32. The van der Waals surface area contributed by atoms with Gasteiger partial charge in [0, 0.05) is 19.1 Å². The van der Waals surface area contributed by atoms with Gasteiger partial charge in [0.25, 0.3) is 5.91 Å². The van der Waals surface area contributed by atoms with Gasteiger partial charge in [-0.3, -0.25) is 9.69 Å². The molecule has 1 saturated heterocycles. The van der Waals surface area contributed by atoms with E-state index in [4.69, 9.17) is 9.47 Å². The molecule has 0 bridgehead atoms. The van der Waals surface area contributed by atoms with Crippen LogP contribution in [0, 0.1) is 0 Å². The van der Waals surface area contributed by atoms with Gasteiger partial charge in [-0.15, -0.1) is 5.10 Å². The number of fused-ring (bicyclic) bond motifs is 1. The molecule has 2 aromatic rings. The second kappa shape index (κ2) is 8.63. The summed E-state index contributed by atoms with van der Waals surface area (Å²) in [5.41, 5.74) is 1.64. The molecule has 8 heteroatoms. The summed E-state index contributed by atoms with van der Waals surface area (Å²) in [6, 6.07) is 6.71. The van der Waals surface area contributed by atoms with Crippen molar-refractivity contribution in [3.63, 3.8) is 0 Å². The van der Waals surface area contributed by atoms with E-state index in [1.54, 1.807) is 0 Å². The molecule has 30 heavy (non-hydrogen) atoms. The van der Waals surface area contributed by atoms with Gasteiger partial charge in [0.1, 0.15) is 13.2 Å². The van der Waals surface area contributed by atoms with E-state index in [1.807, 2.05) is 16.9 Å². The fraction of sp³-hybridized carbons (Fsp3) is 0.591. The fourth-order valence-electron chi connectivity index (χ4n) is 4.72. The van der Waals surface area contributed by atoms with E-state index in [0.29, 0.717) is 24.9 Å². The van der Waals surface area contributed by atoms with Crippen LogP contribution in [-0.4, -0.2) is 58.1 Å². The number of amides is 1. The molecular weight excluding hydrogens is 382 g/mol. The van der Waals surface area contributed by atoms with E-state index < -0.39 is 0 Å². The number of rotatable bonds is 5. The van der Waals surface area contributed by atoms with E-state index in [1.165, 1.54) is 18.4 Å². The molecule has 1 atom stereocenters. The van der Waals surface area contributed by atoms with Crippen molar-refractivity contribution in [3.8, 4) is 11.5 Å². The molecule has 0 spiro atoms. The molecule has 2 fully saturated rings. The Morgan fingerprint density at radius 2 is 1.93 bits per heavy atom. The van der Waals surface area contributed by atoms with Crippen LogP contribution >= 0.6 is 0 Å². The molecule has 1 aromatic heterocycles. The van der Waals surface area contributed by atoms with Crippen LogP contribution < -0.4 is 14.8 Å². The third-order valence-electron chi connectivity index (χ3n) is 6.30. The largest absolute Gasteiger partial charge is 0.486 e. The van der Waals surface area contributed by atoms with Gasteiger partial charge in [-0.25, -0.2) is 4.68 Å². The van der Waals surface area contributed by atoms with Gasteiger partial charge in [0.15, 0.2) is 17.2 Å². The van der Waals surface area contributed by atoms with Gasteiger partial charge in [0.05, 0.1) is 12.2 Å². The maximum absolute atomic E-state index is 12.5. The number of nitrogens with one attached hydrogen (secondary N) is 1. The Hall–Kier alpha value is -2.61. The molecule has 5 rings (SSSR count). The van der Waals surface area contributed by atoms with Gasteiger partial charge in [-0.05, 0) is 49.9 Å². The van der Waals surface area contributed by atoms with Gasteiger partial charge in [0.2, 0.25) is 0 Å². The first-order valence-electron chi connectivity index (χ1n) is 11.1. The summed E-state index contributed by atoms with van der Waals surface area (Å²) in [4.78, 5) is 14.9. The third-order valence-corrected chi connectivity index (χ3v) is 6.30. The summed E-state index contributed by atoms with van der Waals surface area (Å²) in [7, 11) is 0. The van der Waals surface area contributed by atoms with Crippen LogP contribution in [0.2, 0.25) is 0 Å². The van der Waals surface area contributed by atoms with Crippen LogP contribution in [0.15, 0.2) is 24.4 Å². The molecular formula is C22H29N5O3. The van der Waals surface area contributed by atoms with Crippen molar-refractivity contribution in [2.45, 2.75) is 57.2 Å². The standard InChI is InChI=1S/C22H29N5O3/c28-22(23-17-4-1-2-5-17)19-15-27(25-24-19)18-6-3-9-26(14-18)13-16-7-8-20-21(12-16)30-11-10-29-20/h7-8,12,15,17-18H,1-6,9-11,13-14H2,(H,23,28). The summed E-state index contributed by atoms with van der Waals surface area (Å²) in [6.07, 6.45) is 8.47. The predicted octanol–water partition coefficient (Wildman–Crippen LogP) is 2.56. The van der Waals surface area contributed by atoms with Gasteiger partial charge in [-0.2, -0.15) is 0 Å². The minimum Gasteiger partial charge on any atom is -0.486 e. The number of piperidine rings is 1. The first kappa shape index (κ1) is 19.4. The van der Waals surface area contributed by atoms with Crippen LogP contribution in [0.1, 0.15) is 60.6 Å². The first-order chi connectivity index (χ1) is 14.7. The lowest BCUT2D eigenvalue weighted by atomic mass is 10.0. The summed E-state index contributed by atoms with van der Waals surface area (Å²) in [6.45, 7) is 4.01. The average molecular weight is 412 g/mol. The summed E-state index contributed by atoms with van der Waals surface area (Å²) in [5.74, 6) is 1.56. The van der Waals surface area contributed by atoms with Crippen molar-refractivity contribution >= 4 is 5.91 Å². The third kappa shape index (κ3) is 4.28. The smallest absolute Gasteiger partial charge is 0.273 e. The Balaban J connectivity index is 1.20. The number of aromatic nitrogens is 3. The molecule has 3 heterocycles. The highest BCUT2D eigenvalue weighted by molar-refractivity contribution is 5.92. The lowest BCUT2D eigenvalue weighted by Crippen LogP contribution is -2.36. The average Bonchev–Trinajstić information content (AvgIpc) is 3.46. The quantitative estimate of drug-likeness (QED) is 0.814. The molecule has 3 aliphatic rings. The van der Waals surface area contributed by atoms with E-state index in [-0.39, 0.29) is 11.9 Å².